The maximum absolute atomic E-state index is 13.6. The van der Waals surface area contributed by atoms with Crippen LogP contribution in [0.25, 0.3) is 28.1 Å². The van der Waals surface area contributed by atoms with Gasteiger partial charge < -0.3 is 4.55 Å². The SMILES string of the molecule is Cc1cc([C@@H](C)N[S@+]([O-])C(C)(C)C)c2nc3n(c(=O)c2c1)CCc1nn(-c2ccccn2)cc1-3. The molecule has 34 heavy (non-hydrogen) atoms. The van der Waals surface area contributed by atoms with Gasteiger partial charge in [0.25, 0.3) is 5.56 Å². The molecule has 8 nitrogen and oxygen atoms in total. The number of aromatic nitrogens is 5. The van der Waals surface area contributed by atoms with Crippen LogP contribution in [0.4, 0.5) is 0 Å². The molecule has 0 amide bonds. The first-order valence-corrected chi connectivity index (χ1v) is 12.5. The Kier molecular flexibility index (Phi) is 5.58. The van der Waals surface area contributed by atoms with Crippen molar-refractivity contribution in [2.24, 2.45) is 0 Å². The first-order valence-electron chi connectivity index (χ1n) is 11.4. The average molecular weight is 477 g/mol. The third-order valence-corrected chi connectivity index (χ3v) is 7.71. The summed E-state index contributed by atoms with van der Waals surface area (Å²) in [5.41, 5.74) is 4.12. The molecule has 0 fully saturated rings. The Morgan fingerprint density at radius 1 is 1.24 bits per heavy atom. The number of benzene rings is 1. The van der Waals surface area contributed by atoms with Crippen LogP contribution >= 0.6 is 0 Å². The Morgan fingerprint density at radius 3 is 2.74 bits per heavy atom. The van der Waals surface area contributed by atoms with E-state index in [2.05, 4.69) is 9.71 Å². The number of fused-ring (bicyclic) bond motifs is 4. The minimum Gasteiger partial charge on any atom is -0.598 e. The summed E-state index contributed by atoms with van der Waals surface area (Å²) in [6, 6.07) is 9.32. The number of hydrogen-bond donors (Lipinski definition) is 1. The molecule has 1 aromatic carbocycles. The summed E-state index contributed by atoms with van der Waals surface area (Å²) in [5.74, 6) is 1.32. The molecule has 176 valence electrons. The van der Waals surface area contributed by atoms with E-state index in [1.54, 1.807) is 15.4 Å². The molecule has 0 saturated heterocycles. The second-order valence-corrected chi connectivity index (χ2v) is 11.7. The van der Waals surface area contributed by atoms with Crippen molar-refractivity contribution in [1.82, 2.24) is 29.0 Å². The molecular formula is C25H28N6O2S. The van der Waals surface area contributed by atoms with Gasteiger partial charge in [0.2, 0.25) is 0 Å². The summed E-state index contributed by atoms with van der Waals surface area (Å²) in [6.07, 6.45) is 4.27. The summed E-state index contributed by atoms with van der Waals surface area (Å²) in [6.45, 7) is 10.2. The molecule has 0 aliphatic carbocycles. The quantitative estimate of drug-likeness (QED) is 0.452. The molecule has 0 radical (unpaired) electrons. The van der Waals surface area contributed by atoms with E-state index in [4.69, 9.17) is 10.1 Å². The highest BCUT2D eigenvalue weighted by atomic mass is 32.2. The minimum atomic E-state index is -1.26. The molecule has 0 bridgehead atoms. The van der Waals surface area contributed by atoms with Crippen LogP contribution in [0.3, 0.4) is 0 Å². The predicted molar refractivity (Wildman–Crippen MR) is 134 cm³/mol. The summed E-state index contributed by atoms with van der Waals surface area (Å²) < 4.78 is 19.0. The Labute approximate surface area is 201 Å². The molecule has 5 rings (SSSR count). The fourth-order valence-corrected chi connectivity index (χ4v) is 5.05. The number of aryl methyl sites for hydroxylation is 2. The monoisotopic (exact) mass is 476 g/mol. The van der Waals surface area contributed by atoms with Crippen molar-refractivity contribution >= 4 is 22.3 Å². The van der Waals surface area contributed by atoms with Crippen molar-refractivity contribution < 1.29 is 4.55 Å². The van der Waals surface area contributed by atoms with Gasteiger partial charge in [0.05, 0.1) is 28.2 Å². The average Bonchev–Trinajstić information content (AvgIpc) is 3.24. The first kappa shape index (κ1) is 22.8. The van der Waals surface area contributed by atoms with Crippen molar-refractivity contribution in [1.29, 1.82) is 0 Å². The van der Waals surface area contributed by atoms with Gasteiger partial charge in [-0.3, -0.25) is 9.36 Å². The van der Waals surface area contributed by atoms with Gasteiger partial charge in [-0.05, 0) is 58.4 Å². The molecule has 0 unspecified atom stereocenters. The molecule has 1 aliphatic heterocycles. The number of rotatable bonds is 4. The minimum absolute atomic E-state index is 0.0645. The van der Waals surface area contributed by atoms with Gasteiger partial charge in [0.1, 0.15) is 10.6 Å². The molecule has 2 atom stereocenters. The molecule has 4 aromatic rings. The Morgan fingerprint density at radius 2 is 2.03 bits per heavy atom. The number of nitrogens with one attached hydrogen (secondary N) is 1. The van der Waals surface area contributed by atoms with E-state index in [1.807, 2.05) is 71.1 Å². The molecule has 9 heteroatoms. The molecule has 0 spiro atoms. The van der Waals surface area contributed by atoms with Crippen molar-refractivity contribution in [3.05, 3.63) is 69.9 Å². The van der Waals surface area contributed by atoms with Gasteiger partial charge in [-0.2, -0.15) is 5.10 Å². The van der Waals surface area contributed by atoms with Gasteiger partial charge in [-0.1, -0.05) is 12.1 Å². The summed E-state index contributed by atoms with van der Waals surface area (Å²) in [4.78, 5) is 23.0. The van der Waals surface area contributed by atoms with E-state index in [9.17, 15) is 9.35 Å². The van der Waals surface area contributed by atoms with Crippen molar-refractivity contribution in [2.45, 2.75) is 58.4 Å². The summed E-state index contributed by atoms with van der Waals surface area (Å²) in [5, 5.41) is 5.29. The standard InChI is InChI=1S/C25H28N6O2S/c1-15-12-17(16(2)29-34(33)25(3,4)5)22-18(13-15)24(32)30-11-9-20-19(23(30)27-22)14-31(28-20)21-8-6-7-10-26-21/h6-8,10,12-14,16,29H,9,11H2,1-5H3/t16-,34-/m1/s1. The lowest BCUT2D eigenvalue weighted by molar-refractivity contribution is 0.531. The maximum atomic E-state index is 13.6. The van der Waals surface area contributed by atoms with Crippen LogP contribution in [0.2, 0.25) is 0 Å². The zero-order valence-electron chi connectivity index (χ0n) is 20.0. The van der Waals surface area contributed by atoms with Crippen LogP contribution in [0.15, 0.2) is 47.5 Å². The second-order valence-electron chi connectivity index (χ2n) is 9.74. The topological polar surface area (TPSA) is 101 Å². The normalized spacial score (nSPS) is 15.1. The van der Waals surface area contributed by atoms with Crippen molar-refractivity contribution in [3.8, 4) is 17.2 Å². The van der Waals surface area contributed by atoms with Crippen LogP contribution in [0, 0.1) is 6.92 Å². The fourth-order valence-electron chi connectivity index (χ4n) is 4.25. The summed E-state index contributed by atoms with van der Waals surface area (Å²) >= 11 is -1.26. The Bertz CT molecular complexity index is 1440. The maximum Gasteiger partial charge on any atom is 0.261 e. The highest BCUT2D eigenvalue weighted by Gasteiger charge is 2.30. The van der Waals surface area contributed by atoms with Gasteiger partial charge in [0.15, 0.2) is 5.82 Å². The zero-order valence-corrected chi connectivity index (χ0v) is 20.8. The van der Waals surface area contributed by atoms with Gasteiger partial charge in [0, 0.05) is 42.3 Å². The van der Waals surface area contributed by atoms with E-state index >= 15 is 0 Å². The lowest BCUT2D eigenvalue weighted by atomic mass is 10.0. The van der Waals surface area contributed by atoms with Crippen LogP contribution < -0.4 is 10.3 Å². The number of pyridine rings is 1. The third-order valence-electron chi connectivity index (χ3n) is 6.03. The van der Waals surface area contributed by atoms with Crippen molar-refractivity contribution in [3.63, 3.8) is 0 Å². The van der Waals surface area contributed by atoms with Crippen LogP contribution in [-0.4, -0.2) is 33.6 Å². The highest BCUT2D eigenvalue weighted by Crippen LogP contribution is 2.31. The van der Waals surface area contributed by atoms with E-state index in [-0.39, 0.29) is 11.6 Å². The fraction of sp³-hybridized carbons (Fsp3) is 0.360. The second kappa shape index (κ2) is 8.33. The van der Waals surface area contributed by atoms with Gasteiger partial charge in [-0.25, -0.2) is 14.6 Å². The predicted octanol–water partition coefficient (Wildman–Crippen LogP) is 3.62. The smallest absolute Gasteiger partial charge is 0.261 e. The van der Waals surface area contributed by atoms with Crippen LogP contribution in [0.5, 0.6) is 0 Å². The zero-order chi connectivity index (χ0) is 24.2. The lowest BCUT2D eigenvalue weighted by Crippen LogP contribution is -2.40. The highest BCUT2D eigenvalue weighted by molar-refractivity contribution is 7.90. The molecule has 4 heterocycles. The Hall–Kier alpha value is -3.01. The Balaban J connectivity index is 1.67. The summed E-state index contributed by atoms with van der Waals surface area (Å²) in [7, 11) is 0. The number of hydrogen-bond acceptors (Lipinski definition) is 6. The van der Waals surface area contributed by atoms with Crippen LogP contribution in [-0.2, 0) is 24.3 Å². The third kappa shape index (κ3) is 3.93. The van der Waals surface area contributed by atoms with Crippen LogP contribution in [0.1, 0.15) is 50.6 Å². The van der Waals surface area contributed by atoms with Crippen molar-refractivity contribution in [2.75, 3.05) is 0 Å². The largest absolute Gasteiger partial charge is 0.598 e. The molecule has 1 aliphatic rings. The first-order chi connectivity index (χ1) is 16.1. The van der Waals surface area contributed by atoms with Gasteiger partial charge >= 0.3 is 0 Å². The molecular weight excluding hydrogens is 448 g/mol. The lowest BCUT2D eigenvalue weighted by Gasteiger charge is -2.27. The number of nitrogens with zero attached hydrogens (tertiary/aromatic N) is 5. The van der Waals surface area contributed by atoms with Gasteiger partial charge in [-0.15, -0.1) is 4.72 Å². The van der Waals surface area contributed by atoms with E-state index in [0.717, 1.165) is 22.4 Å². The van der Waals surface area contributed by atoms with E-state index in [1.165, 1.54) is 0 Å². The van der Waals surface area contributed by atoms with E-state index < -0.39 is 16.1 Å². The molecule has 3 aromatic heterocycles. The molecule has 0 saturated carbocycles. The van der Waals surface area contributed by atoms with E-state index in [0.29, 0.717) is 35.5 Å². The molecule has 1 N–H and O–H groups in total.